The van der Waals surface area contributed by atoms with Gasteiger partial charge in [-0.1, -0.05) is 17.7 Å². The zero-order valence-electron chi connectivity index (χ0n) is 22.8. The summed E-state index contributed by atoms with van der Waals surface area (Å²) in [5.74, 6) is -5.62. The first kappa shape index (κ1) is 31.9. The quantitative estimate of drug-likeness (QED) is 0.168. The summed E-state index contributed by atoms with van der Waals surface area (Å²) in [7, 11) is 0. The van der Waals surface area contributed by atoms with E-state index in [9.17, 15) is 41.4 Å². The van der Waals surface area contributed by atoms with Gasteiger partial charge in [0.1, 0.15) is 17.4 Å². The molecule has 3 aromatic rings. The second-order valence-corrected chi connectivity index (χ2v) is 10.5. The predicted molar refractivity (Wildman–Crippen MR) is 143 cm³/mol. The smallest absolute Gasteiger partial charge is 0.433 e. The van der Waals surface area contributed by atoms with E-state index in [1.165, 1.54) is 12.1 Å². The molecule has 1 fully saturated rings. The van der Waals surface area contributed by atoms with Crippen molar-refractivity contribution in [3.05, 3.63) is 81.6 Å². The molecule has 8 nitrogen and oxygen atoms in total. The van der Waals surface area contributed by atoms with Crippen LogP contribution < -0.4 is 0 Å². The number of rotatable bonds is 9. The van der Waals surface area contributed by atoms with Gasteiger partial charge < -0.3 is 14.7 Å². The zero-order valence-corrected chi connectivity index (χ0v) is 23.6. The average Bonchev–Trinajstić information content (AvgIpc) is 3.38. The van der Waals surface area contributed by atoms with Crippen molar-refractivity contribution >= 4 is 29.3 Å². The molecule has 1 aromatic heterocycles. The molecule has 0 bridgehead atoms. The Bertz CT molecular complexity index is 1480. The second kappa shape index (κ2) is 13.1. The molecule has 1 amide bonds. The minimum Gasteiger partial charge on any atom is -0.507 e. The van der Waals surface area contributed by atoms with Crippen LogP contribution in [-0.2, 0) is 22.3 Å². The number of alkyl halides is 3. The van der Waals surface area contributed by atoms with Gasteiger partial charge in [0.15, 0.2) is 11.5 Å². The Morgan fingerprint density at radius 1 is 1.09 bits per heavy atom. The van der Waals surface area contributed by atoms with E-state index in [2.05, 4.69) is 5.10 Å². The van der Waals surface area contributed by atoms with Gasteiger partial charge in [-0.15, -0.1) is 0 Å². The first-order valence-corrected chi connectivity index (χ1v) is 13.7. The lowest BCUT2D eigenvalue weighted by molar-refractivity contribution is -0.151. The topological polar surface area (TPSA) is 102 Å². The Kier molecular flexibility index (Phi) is 9.73. The number of phenolic OH excluding ortho intramolecular Hbond substituents is 1. The van der Waals surface area contributed by atoms with E-state index in [4.69, 9.17) is 16.3 Å². The number of aromatic nitrogens is 2. The molecule has 0 saturated heterocycles. The van der Waals surface area contributed by atoms with Crippen LogP contribution in [0, 0.1) is 17.6 Å². The fraction of sp³-hybridized carbons (Fsp3) is 0.379. The summed E-state index contributed by atoms with van der Waals surface area (Å²) in [5.41, 5.74) is -2.76. The number of esters is 1. The van der Waals surface area contributed by atoms with Crippen molar-refractivity contribution < 1.29 is 46.2 Å². The van der Waals surface area contributed by atoms with Gasteiger partial charge in [-0.2, -0.15) is 18.3 Å². The van der Waals surface area contributed by atoms with Crippen LogP contribution in [0.3, 0.4) is 0 Å². The van der Waals surface area contributed by atoms with E-state index in [1.807, 2.05) is 0 Å². The number of ether oxygens (including phenoxy) is 1. The summed E-state index contributed by atoms with van der Waals surface area (Å²) in [6.45, 7) is 0.290. The van der Waals surface area contributed by atoms with Crippen LogP contribution in [0.25, 0.3) is 0 Å². The highest BCUT2D eigenvalue weighted by Gasteiger charge is 2.43. The number of carbonyl (C=O) groups excluding carboxylic acids is 3. The molecule has 1 heterocycles. The number of nitrogens with zero attached hydrogens (tertiary/aromatic N) is 3. The summed E-state index contributed by atoms with van der Waals surface area (Å²) in [6, 6.07) is 5.35. The van der Waals surface area contributed by atoms with Crippen molar-refractivity contribution in [2.75, 3.05) is 13.2 Å². The maximum atomic E-state index is 14.5. The Hall–Kier alpha value is -4.00. The van der Waals surface area contributed by atoms with E-state index in [1.54, 1.807) is 6.92 Å². The van der Waals surface area contributed by atoms with Gasteiger partial charge in [-0.05, 0) is 62.4 Å². The average molecular weight is 628 g/mol. The second-order valence-electron chi connectivity index (χ2n) is 10.1. The van der Waals surface area contributed by atoms with Gasteiger partial charge in [0, 0.05) is 12.6 Å². The van der Waals surface area contributed by atoms with E-state index in [-0.39, 0.29) is 48.4 Å². The summed E-state index contributed by atoms with van der Waals surface area (Å²) in [5, 5.41) is 13.9. The number of phenols is 1. The SMILES string of the molecule is CCOC(=O)C1CCC(n2ncc(C(=O)N(CC(=O)c3c(O)cccc3Cl)Cc3cc(F)cc(F)c3)c2C(F)(F)F)CC1. The number of amides is 1. The largest absolute Gasteiger partial charge is 0.507 e. The summed E-state index contributed by atoms with van der Waals surface area (Å²) in [4.78, 5) is 39.6. The van der Waals surface area contributed by atoms with Gasteiger partial charge >= 0.3 is 12.1 Å². The zero-order chi connectivity index (χ0) is 31.5. The maximum absolute atomic E-state index is 14.5. The maximum Gasteiger partial charge on any atom is 0.433 e. The van der Waals surface area contributed by atoms with Crippen molar-refractivity contribution in [3.63, 3.8) is 0 Å². The fourth-order valence-corrected chi connectivity index (χ4v) is 5.50. The minimum atomic E-state index is -5.05. The van der Waals surface area contributed by atoms with Crippen LogP contribution in [0.5, 0.6) is 5.75 Å². The molecular formula is C29H27ClF5N3O5. The third kappa shape index (κ3) is 7.32. The normalized spacial score (nSPS) is 17.0. The Morgan fingerprint density at radius 2 is 1.74 bits per heavy atom. The predicted octanol–water partition coefficient (Wildman–Crippen LogP) is 6.36. The van der Waals surface area contributed by atoms with Crippen molar-refractivity contribution in [1.82, 2.24) is 14.7 Å². The molecule has 1 aliphatic carbocycles. The molecule has 0 atom stereocenters. The molecule has 1 saturated carbocycles. The first-order chi connectivity index (χ1) is 20.3. The molecule has 1 aliphatic rings. The number of benzene rings is 2. The Morgan fingerprint density at radius 3 is 2.33 bits per heavy atom. The van der Waals surface area contributed by atoms with Gasteiger partial charge in [0.25, 0.3) is 5.91 Å². The lowest BCUT2D eigenvalue weighted by Crippen LogP contribution is -2.37. The van der Waals surface area contributed by atoms with Gasteiger partial charge in [0.05, 0.1) is 47.5 Å². The molecule has 0 aliphatic heterocycles. The molecule has 1 N–H and O–H groups in total. The number of hydrogen-bond donors (Lipinski definition) is 1. The van der Waals surface area contributed by atoms with Crippen LogP contribution in [-0.4, -0.2) is 50.6 Å². The highest BCUT2D eigenvalue weighted by molar-refractivity contribution is 6.34. The van der Waals surface area contributed by atoms with Crippen LogP contribution >= 0.6 is 11.6 Å². The molecule has 230 valence electrons. The Labute approximate surface area is 248 Å². The first-order valence-electron chi connectivity index (χ1n) is 13.4. The number of carbonyl (C=O) groups is 3. The van der Waals surface area contributed by atoms with E-state index in [0.29, 0.717) is 15.6 Å². The van der Waals surface area contributed by atoms with Gasteiger partial charge in [-0.25, -0.2) is 8.78 Å². The molecule has 0 unspecified atom stereocenters. The number of halogens is 6. The fourth-order valence-electron chi connectivity index (χ4n) is 5.23. The summed E-state index contributed by atoms with van der Waals surface area (Å²) < 4.78 is 77.0. The number of Topliss-reactive ketones (excluding diaryl/α,β-unsaturated/α-hetero) is 1. The Balaban J connectivity index is 1.69. The van der Waals surface area contributed by atoms with Crippen LogP contribution in [0.2, 0.25) is 5.02 Å². The summed E-state index contributed by atoms with van der Waals surface area (Å²) >= 11 is 6.05. The molecule has 43 heavy (non-hydrogen) atoms. The standard InChI is InChI=1S/C29H27ClF5N3O5/c1-2-43-28(42)17-6-8-20(9-7-17)38-26(29(33,34)35)21(13-36-38)27(41)37(14-16-10-18(31)12-19(32)11-16)15-24(40)25-22(30)4-3-5-23(25)39/h3-5,10-13,17,20,39H,2,6-9,14-15H2,1H3. The van der Waals surface area contributed by atoms with E-state index >= 15 is 0 Å². The third-order valence-corrected chi connectivity index (χ3v) is 7.46. The third-order valence-electron chi connectivity index (χ3n) is 7.14. The lowest BCUT2D eigenvalue weighted by atomic mass is 9.86. The number of hydrogen-bond acceptors (Lipinski definition) is 6. The van der Waals surface area contributed by atoms with Gasteiger partial charge in [-0.3, -0.25) is 19.1 Å². The van der Waals surface area contributed by atoms with Crippen LogP contribution in [0.4, 0.5) is 22.0 Å². The molecule has 14 heteroatoms. The molecule has 2 aromatic carbocycles. The van der Waals surface area contributed by atoms with Crippen molar-refractivity contribution in [2.45, 2.75) is 51.4 Å². The number of ketones is 1. The molecule has 0 spiro atoms. The van der Waals surface area contributed by atoms with E-state index < -0.39 is 77.5 Å². The molecule has 0 radical (unpaired) electrons. The summed E-state index contributed by atoms with van der Waals surface area (Å²) in [6.07, 6.45) is -3.47. The van der Waals surface area contributed by atoms with Crippen molar-refractivity contribution in [2.24, 2.45) is 5.92 Å². The molecule has 4 rings (SSSR count). The van der Waals surface area contributed by atoms with Crippen LogP contribution in [0.1, 0.15) is 70.6 Å². The highest BCUT2D eigenvalue weighted by atomic mass is 35.5. The highest BCUT2D eigenvalue weighted by Crippen LogP contribution is 2.39. The van der Waals surface area contributed by atoms with Gasteiger partial charge in [0.2, 0.25) is 0 Å². The van der Waals surface area contributed by atoms with Crippen molar-refractivity contribution in [3.8, 4) is 5.75 Å². The minimum absolute atomic E-state index is 0.139. The number of aromatic hydroxyl groups is 1. The monoisotopic (exact) mass is 627 g/mol. The lowest BCUT2D eigenvalue weighted by Gasteiger charge is -2.29. The van der Waals surface area contributed by atoms with E-state index in [0.717, 1.165) is 24.4 Å². The molecular weight excluding hydrogens is 601 g/mol. The van der Waals surface area contributed by atoms with Crippen LogP contribution in [0.15, 0.2) is 42.6 Å². The van der Waals surface area contributed by atoms with Crippen molar-refractivity contribution in [1.29, 1.82) is 0 Å².